The summed E-state index contributed by atoms with van der Waals surface area (Å²) >= 11 is 5.80. The zero-order chi connectivity index (χ0) is 10.2. The maximum atomic E-state index is 5.80. The number of nitrogens with zero attached hydrogens (tertiary/aromatic N) is 1. The summed E-state index contributed by atoms with van der Waals surface area (Å²) in [6, 6.07) is 0.710. The van der Waals surface area contributed by atoms with E-state index in [9.17, 15) is 0 Å². The highest BCUT2D eigenvalue weighted by atomic mass is 35.5. The molecule has 14 heavy (non-hydrogen) atoms. The van der Waals surface area contributed by atoms with Crippen LogP contribution < -0.4 is 0 Å². The molecule has 1 aliphatic rings. The van der Waals surface area contributed by atoms with Gasteiger partial charge in [0.1, 0.15) is 0 Å². The first-order valence-corrected chi connectivity index (χ1v) is 6.29. The fourth-order valence-electron chi connectivity index (χ4n) is 2.13. The fraction of sp³-hybridized carbons (Fsp3) is 1.00. The molecule has 3 heteroatoms. The summed E-state index contributed by atoms with van der Waals surface area (Å²) < 4.78 is 5.39. The Morgan fingerprint density at radius 2 is 2.29 bits per heavy atom. The molecular weight excluding hydrogens is 198 g/mol. The van der Waals surface area contributed by atoms with Crippen molar-refractivity contribution in [2.75, 3.05) is 32.2 Å². The van der Waals surface area contributed by atoms with Gasteiger partial charge in [0.05, 0.1) is 6.61 Å². The quantitative estimate of drug-likeness (QED) is 0.503. The van der Waals surface area contributed by atoms with Gasteiger partial charge in [0, 0.05) is 25.1 Å². The van der Waals surface area contributed by atoms with E-state index in [-0.39, 0.29) is 0 Å². The van der Waals surface area contributed by atoms with E-state index in [4.69, 9.17) is 16.3 Å². The number of rotatable bonds is 6. The second-order valence-corrected chi connectivity index (χ2v) is 4.24. The minimum absolute atomic E-state index is 0.710. The molecule has 84 valence electrons. The standard InChI is InChI=1S/C11H22ClNO/c1-2-14-10-9-13-8-4-3-5-11(13)6-7-12/h11H,2-10H2,1H3. The van der Waals surface area contributed by atoms with Crippen LogP contribution in [0.3, 0.4) is 0 Å². The summed E-state index contributed by atoms with van der Waals surface area (Å²) in [5, 5.41) is 0. The average Bonchev–Trinajstić information content (AvgIpc) is 2.21. The first-order chi connectivity index (χ1) is 6.88. The number of piperidine rings is 1. The first kappa shape index (κ1) is 12.3. The molecule has 0 amide bonds. The van der Waals surface area contributed by atoms with Gasteiger partial charge in [-0.1, -0.05) is 6.42 Å². The van der Waals surface area contributed by atoms with Crippen molar-refractivity contribution < 1.29 is 4.74 Å². The van der Waals surface area contributed by atoms with Crippen LogP contribution in [0.2, 0.25) is 0 Å². The van der Waals surface area contributed by atoms with Crippen LogP contribution in [-0.2, 0) is 4.74 Å². The van der Waals surface area contributed by atoms with Crippen LogP contribution >= 0.6 is 11.6 Å². The minimum Gasteiger partial charge on any atom is -0.380 e. The molecule has 2 nitrogen and oxygen atoms in total. The number of likely N-dealkylation sites (tertiary alicyclic amines) is 1. The predicted octanol–water partition coefficient (Wildman–Crippen LogP) is 2.51. The summed E-state index contributed by atoms with van der Waals surface area (Å²) in [7, 11) is 0. The molecule has 1 saturated heterocycles. The monoisotopic (exact) mass is 219 g/mol. The molecule has 0 saturated carbocycles. The largest absolute Gasteiger partial charge is 0.380 e. The maximum Gasteiger partial charge on any atom is 0.0593 e. The Labute approximate surface area is 92.6 Å². The van der Waals surface area contributed by atoms with Crippen molar-refractivity contribution in [1.29, 1.82) is 0 Å². The molecule has 1 rings (SSSR count). The van der Waals surface area contributed by atoms with E-state index in [1.54, 1.807) is 0 Å². The van der Waals surface area contributed by atoms with Gasteiger partial charge in [0.15, 0.2) is 0 Å². The van der Waals surface area contributed by atoms with E-state index in [1.807, 2.05) is 6.92 Å². The third-order valence-corrected chi connectivity index (χ3v) is 3.14. The van der Waals surface area contributed by atoms with Crippen LogP contribution in [0.4, 0.5) is 0 Å². The molecule has 0 aliphatic carbocycles. The molecule has 1 atom stereocenters. The molecule has 0 bridgehead atoms. The SMILES string of the molecule is CCOCCN1CCCCC1CCCl. The third kappa shape index (κ3) is 4.16. The van der Waals surface area contributed by atoms with Gasteiger partial charge in [0.25, 0.3) is 0 Å². The Morgan fingerprint density at radius 1 is 1.43 bits per heavy atom. The summed E-state index contributed by atoms with van der Waals surface area (Å²) in [5.41, 5.74) is 0. The molecule has 0 aromatic heterocycles. The first-order valence-electron chi connectivity index (χ1n) is 5.76. The van der Waals surface area contributed by atoms with Gasteiger partial charge in [-0.05, 0) is 32.7 Å². The lowest BCUT2D eigenvalue weighted by molar-refractivity contribution is 0.0763. The lowest BCUT2D eigenvalue weighted by atomic mass is 10.0. The number of alkyl halides is 1. The van der Waals surface area contributed by atoms with Gasteiger partial charge < -0.3 is 4.74 Å². The minimum atomic E-state index is 0.710. The van der Waals surface area contributed by atoms with Gasteiger partial charge >= 0.3 is 0 Å². The van der Waals surface area contributed by atoms with Crippen molar-refractivity contribution in [2.45, 2.75) is 38.6 Å². The zero-order valence-electron chi connectivity index (χ0n) is 9.17. The van der Waals surface area contributed by atoms with Crippen LogP contribution in [-0.4, -0.2) is 43.1 Å². The zero-order valence-corrected chi connectivity index (χ0v) is 9.93. The highest BCUT2D eigenvalue weighted by Gasteiger charge is 2.20. The number of hydrogen-bond acceptors (Lipinski definition) is 2. The molecule has 0 aromatic carbocycles. The Morgan fingerprint density at radius 3 is 3.00 bits per heavy atom. The molecule has 0 spiro atoms. The van der Waals surface area contributed by atoms with Crippen LogP contribution in [0.5, 0.6) is 0 Å². The van der Waals surface area contributed by atoms with Gasteiger partial charge in [-0.15, -0.1) is 11.6 Å². The lowest BCUT2D eigenvalue weighted by Gasteiger charge is -2.35. The van der Waals surface area contributed by atoms with E-state index in [1.165, 1.54) is 25.8 Å². The van der Waals surface area contributed by atoms with Crippen molar-refractivity contribution in [3.63, 3.8) is 0 Å². The fourth-order valence-corrected chi connectivity index (χ4v) is 2.39. The topological polar surface area (TPSA) is 12.5 Å². The molecule has 1 unspecified atom stereocenters. The van der Waals surface area contributed by atoms with E-state index in [2.05, 4.69) is 4.90 Å². The number of halogens is 1. The number of hydrogen-bond donors (Lipinski definition) is 0. The van der Waals surface area contributed by atoms with Crippen molar-refractivity contribution in [3.05, 3.63) is 0 Å². The third-order valence-electron chi connectivity index (χ3n) is 2.92. The average molecular weight is 220 g/mol. The highest BCUT2D eigenvalue weighted by Crippen LogP contribution is 2.19. The van der Waals surface area contributed by atoms with Crippen molar-refractivity contribution >= 4 is 11.6 Å². The molecule has 1 fully saturated rings. The number of ether oxygens (including phenoxy) is 1. The van der Waals surface area contributed by atoms with E-state index in [0.29, 0.717) is 6.04 Å². The van der Waals surface area contributed by atoms with Crippen molar-refractivity contribution in [2.24, 2.45) is 0 Å². The van der Waals surface area contributed by atoms with Gasteiger partial charge in [-0.3, -0.25) is 4.90 Å². The van der Waals surface area contributed by atoms with Gasteiger partial charge in [-0.25, -0.2) is 0 Å². The van der Waals surface area contributed by atoms with Crippen LogP contribution in [0, 0.1) is 0 Å². The van der Waals surface area contributed by atoms with Gasteiger partial charge in [-0.2, -0.15) is 0 Å². The van der Waals surface area contributed by atoms with E-state index < -0.39 is 0 Å². The lowest BCUT2D eigenvalue weighted by Crippen LogP contribution is -2.41. The van der Waals surface area contributed by atoms with E-state index >= 15 is 0 Å². The summed E-state index contributed by atoms with van der Waals surface area (Å²) in [5.74, 6) is 0.788. The van der Waals surface area contributed by atoms with Crippen LogP contribution in [0.1, 0.15) is 32.6 Å². The normalized spacial score (nSPS) is 24.0. The van der Waals surface area contributed by atoms with Crippen molar-refractivity contribution in [3.8, 4) is 0 Å². The molecule has 0 radical (unpaired) electrons. The van der Waals surface area contributed by atoms with Crippen LogP contribution in [0.25, 0.3) is 0 Å². The molecule has 0 N–H and O–H groups in total. The predicted molar refractivity (Wildman–Crippen MR) is 61.0 cm³/mol. The Kier molecular flexibility index (Phi) is 6.57. The smallest absolute Gasteiger partial charge is 0.0593 e. The summed E-state index contributed by atoms with van der Waals surface area (Å²) in [6.45, 7) is 6.06. The molecular formula is C11H22ClNO. The summed E-state index contributed by atoms with van der Waals surface area (Å²) in [6.07, 6.45) is 5.16. The molecule has 1 heterocycles. The second kappa shape index (κ2) is 7.49. The van der Waals surface area contributed by atoms with Crippen molar-refractivity contribution in [1.82, 2.24) is 4.90 Å². The molecule has 1 aliphatic heterocycles. The Hall–Kier alpha value is 0.210. The van der Waals surface area contributed by atoms with Crippen LogP contribution in [0.15, 0.2) is 0 Å². The Bertz CT molecular complexity index is 141. The summed E-state index contributed by atoms with van der Waals surface area (Å²) in [4.78, 5) is 2.54. The highest BCUT2D eigenvalue weighted by molar-refractivity contribution is 6.17. The van der Waals surface area contributed by atoms with E-state index in [0.717, 1.165) is 32.1 Å². The maximum absolute atomic E-state index is 5.80. The Balaban J connectivity index is 2.22. The molecule has 0 aromatic rings. The second-order valence-electron chi connectivity index (χ2n) is 3.86. The van der Waals surface area contributed by atoms with Gasteiger partial charge in [0.2, 0.25) is 0 Å².